The van der Waals surface area contributed by atoms with E-state index in [2.05, 4.69) is 0 Å². The van der Waals surface area contributed by atoms with Crippen LogP contribution in [0.3, 0.4) is 0 Å². The Kier molecular flexibility index (Phi) is 3.65. The van der Waals surface area contributed by atoms with E-state index in [0.717, 1.165) is 0 Å². The predicted molar refractivity (Wildman–Crippen MR) is 53.5 cm³/mol. The number of rotatable bonds is 4. The fourth-order valence-electron chi connectivity index (χ4n) is 1.28. The summed E-state index contributed by atoms with van der Waals surface area (Å²) in [5.74, 6) is -1.02. The number of nitrogens with two attached hydrogens (primary N) is 1. The number of hydrogen-bond donors (Lipinski definition) is 3. The summed E-state index contributed by atoms with van der Waals surface area (Å²) in [7, 11) is 1.39. The molecule has 0 saturated heterocycles. The first kappa shape index (κ1) is 11.5. The van der Waals surface area contributed by atoms with Gasteiger partial charge in [-0.1, -0.05) is 12.1 Å². The van der Waals surface area contributed by atoms with Gasteiger partial charge in [0.2, 0.25) is 0 Å². The molecule has 0 aliphatic rings. The third-order valence-electron chi connectivity index (χ3n) is 2.09. The lowest BCUT2D eigenvalue weighted by atomic mass is 10.0. The maximum absolute atomic E-state index is 10.7. The number of phenolic OH excluding ortho intramolecular Hbond substituents is 1. The van der Waals surface area contributed by atoms with Crippen LogP contribution in [-0.4, -0.2) is 29.3 Å². The van der Waals surface area contributed by atoms with Crippen LogP contribution in [0, 0.1) is 0 Å². The molecule has 5 heteroatoms. The van der Waals surface area contributed by atoms with Crippen LogP contribution in [0.2, 0.25) is 0 Å². The largest absolute Gasteiger partial charge is 0.508 e. The van der Waals surface area contributed by atoms with Gasteiger partial charge < -0.3 is 20.7 Å². The molecule has 1 aromatic rings. The van der Waals surface area contributed by atoms with E-state index in [1.54, 1.807) is 12.1 Å². The zero-order valence-electron chi connectivity index (χ0n) is 8.25. The number of aromatic hydroxyl groups is 1. The van der Waals surface area contributed by atoms with E-state index in [-0.39, 0.29) is 5.75 Å². The van der Waals surface area contributed by atoms with E-state index in [1.807, 2.05) is 0 Å². The van der Waals surface area contributed by atoms with Crippen molar-refractivity contribution in [2.45, 2.75) is 12.1 Å². The van der Waals surface area contributed by atoms with Crippen LogP contribution in [0.1, 0.15) is 11.7 Å². The standard InChI is InChI=1S/C10H13NO4/c1-15-9(8(11)10(13)14)6-2-4-7(12)5-3-6/h2-5,8-9,12H,11H2,1H3,(H,13,14)/t8-,9-/m0/s1. The molecule has 0 spiro atoms. The molecule has 0 aromatic heterocycles. The molecule has 0 saturated carbocycles. The number of aliphatic carboxylic acids is 1. The highest BCUT2D eigenvalue weighted by molar-refractivity contribution is 5.74. The van der Waals surface area contributed by atoms with E-state index in [0.29, 0.717) is 5.56 Å². The minimum Gasteiger partial charge on any atom is -0.508 e. The summed E-state index contributed by atoms with van der Waals surface area (Å²) in [5.41, 5.74) is 6.07. The molecule has 5 nitrogen and oxygen atoms in total. The van der Waals surface area contributed by atoms with Crippen LogP contribution in [0.25, 0.3) is 0 Å². The number of carboxylic acid groups (broad SMARTS) is 1. The van der Waals surface area contributed by atoms with Crippen molar-refractivity contribution in [1.29, 1.82) is 0 Å². The molecule has 0 aliphatic carbocycles. The highest BCUT2D eigenvalue weighted by Crippen LogP contribution is 2.21. The van der Waals surface area contributed by atoms with E-state index < -0.39 is 18.1 Å². The zero-order valence-corrected chi connectivity index (χ0v) is 8.25. The van der Waals surface area contributed by atoms with Crippen LogP contribution in [0.15, 0.2) is 24.3 Å². The van der Waals surface area contributed by atoms with Gasteiger partial charge in [-0.15, -0.1) is 0 Å². The molecule has 1 rings (SSSR count). The molecule has 0 heterocycles. The van der Waals surface area contributed by atoms with Gasteiger partial charge in [-0.2, -0.15) is 0 Å². The van der Waals surface area contributed by atoms with E-state index >= 15 is 0 Å². The molecule has 15 heavy (non-hydrogen) atoms. The summed E-state index contributed by atoms with van der Waals surface area (Å²) in [6.07, 6.45) is -0.719. The first-order chi connectivity index (χ1) is 7.06. The van der Waals surface area contributed by atoms with Crippen molar-refractivity contribution in [2.75, 3.05) is 7.11 Å². The van der Waals surface area contributed by atoms with Gasteiger partial charge in [0.15, 0.2) is 0 Å². The predicted octanol–water partition coefficient (Wildman–Crippen LogP) is 0.492. The van der Waals surface area contributed by atoms with Crippen LogP contribution in [0.5, 0.6) is 5.75 Å². The molecule has 0 aliphatic heterocycles. The van der Waals surface area contributed by atoms with Crippen LogP contribution in [0.4, 0.5) is 0 Å². The summed E-state index contributed by atoms with van der Waals surface area (Å²) in [5, 5.41) is 17.8. The monoisotopic (exact) mass is 211 g/mol. The normalized spacial score (nSPS) is 14.5. The average molecular weight is 211 g/mol. The summed E-state index contributed by atoms with van der Waals surface area (Å²) in [6.45, 7) is 0. The Hall–Kier alpha value is -1.59. The minimum atomic E-state index is -1.13. The fraction of sp³-hybridized carbons (Fsp3) is 0.300. The number of benzene rings is 1. The lowest BCUT2D eigenvalue weighted by Gasteiger charge is -2.19. The molecule has 0 unspecified atom stereocenters. The van der Waals surface area contributed by atoms with Crippen LogP contribution in [-0.2, 0) is 9.53 Å². The first-order valence-corrected chi connectivity index (χ1v) is 4.36. The summed E-state index contributed by atoms with van der Waals surface area (Å²) in [6, 6.07) is 4.93. The van der Waals surface area contributed by atoms with Crippen molar-refractivity contribution in [3.63, 3.8) is 0 Å². The zero-order chi connectivity index (χ0) is 11.4. The van der Waals surface area contributed by atoms with Crippen molar-refractivity contribution < 1.29 is 19.7 Å². The molecule has 82 valence electrons. The molecule has 0 fully saturated rings. The molecular weight excluding hydrogens is 198 g/mol. The number of methoxy groups -OCH3 is 1. The number of carbonyl (C=O) groups is 1. The molecule has 0 bridgehead atoms. The Labute approximate surface area is 87.1 Å². The van der Waals surface area contributed by atoms with Gasteiger partial charge in [-0.25, -0.2) is 0 Å². The Bertz CT molecular complexity index is 336. The van der Waals surface area contributed by atoms with E-state index in [4.69, 9.17) is 20.7 Å². The van der Waals surface area contributed by atoms with Crippen molar-refractivity contribution in [1.82, 2.24) is 0 Å². The van der Waals surface area contributed by atoms with Crippen molar-refractivity contribution >= 4 is 5.97 Å². The van der Waals surface area contributed by atoms with Crippen molar-refractivity contribution in [3.05, 3.63) is 29.8 Å². The SMILES string of the molecule is CO[C@@H](c1ccc(O)cc1)[C@H](N)C(=O)O. The van der Waals surface area contributed by atoms with Gasteiger partial charge in [0.25, 0.3) is 0 Å². The van der Waals surface area contributed by atoms with Gasteiger partial charge in [-0.05, 0) is 17.7 Å². The first-order valence-electron chi connectivity index (χ1n) is 4.36. The van der Waals surface area contributed by atoms with Crippen molar-refractivity contribution in [3.8, 4) is 5.75 Å². The Morgan fingerprint density at radius 2 is 1.93 bits per heavy atom. The Morgan fingerprint density at radius 1 is 1.40 bits per heavy atom. The van der Waals surface area contributed by atoms with Crippen molar-refractivity contribution in [2.24, 2.45) is 5.73 Å². The quantitative estimate of drug-likeness (QED) is 0.674. The summed E-state index contributed by atoms with van der Waals surface area (Å²) < 4.78 is 5.01. The molecular formula is C10H13NO4. The highest BCUT2D eigenvalue weighted by Gasteiger charge is 2.25. The second kappa shape index (κ2) is 4.77. The minimum absolute atomic E-state index is 0.109. The summed E-state index contributed by atoms with van der Waals surface area (Å²) >= 11 is 0. The topological polar surface area (TPSA) is 92.8 Å². The second-order valence-corrected chi connectivity index (χ2v) is 3.11. The summed E-state index contributed by atoms with van der Waals surface area (Å²) in [4.78, 5) is 10.7. The van der Waals surface area contributed by atoms with Gasteiger partial charge in [0.1, 0.15) is 17.9 Å². The number of hydrogen-bond acceptors (Lipinski definition) is 4. The number of ether oxygens (including phenoxy) is 1. The number of carboxylic acids is 1. The Morgan fingerprint density at radius 3 is 2.33 bits per heavy atom. The molecule has 0 amide bonds. The molecule has 4 N–H and O–H groups in total. The lowest BCUT2D eigenvalue weighted by Crippen LogP contribution is -2.37. The highest BCUT2D eigenvalue weighted by atomic mass is 16.5. The Balaban J connectivity index is 2.92. The van der Waals surface area contributed by atoms with Gasteiger partial charge in [0, 0.05) is 7.11 Å². The van der Waals surface area contributed by atoms with Gasteiger partial charge >= 0.3 is 5.97 Å². The van der Waals surface area contributed by atoms with Crippen LogP contribution >= 0.6 is 0 Å². The fourth-order valence-corrected chi connectivity index (χ4v) is 1.28. The third-order valence-corrected chi connectivity index (χ3v) is 2.09. The third kappa shape index (κ3) is 2.68. The molecule has 2 atom stereocenters. The average Bonchev–Trinajstić information content (AvgIpc) is 2.21. The maximum atomic E-state index is 10.7. The van der Waals surface area contributed by atoms with Gasteiger partial charge in [0.05, 0.1) is 0 Å². The van der Waals surface area contributed by atoms with Gasteiger partial charge in [-0.3, -0.25) is 4.79 Å². The molecule has 0 radical (unpaired) electrons. The lowest BCUT2D eigenvalue weighted by molar-refractivity contribution is -0.142. The van der Waals surface area contributed by atoms with Crippen LogP contribution < -0.4 is 5.73 Å². The maximum Gasteiger partial charge on any atom is 0.323 e. The second-order valence-electron chi connectivity index (χ2n) is 3.11. The van der Waals surface area contributed by atoms with E-state index in [1.165, 1.54) is 19.2 Å². The van der Waals surface area contributed by atoms with E-state index in [9.17, 15) is 4.79 Å². The number of phenols is 1. The molecule has 1 aromatic carbocycles. The smallest absolute Gasteiger partial charge is 0.323 e.